The van der Waals surface area contributed by atoms with Gasteiger partial charge in [0.1, 0.15) is 11.5 Å². The number of alkyl halides is 1. The quantitative estimate of drug-likeness (QED) is 0.608. The first-order chi connectivity index (χ1) is 10.1. The number of anilines is 1. The van der Waals surface area contributed by atoms with Crippen LogP contribution in [-0.2, 0) is 0 Å². The number of carboxylic acid groups (broad SMARTS) is 1. The highest BCUT2D eigenvalue weighted by Crippen LogP contribution is 2.29. The lowest BCUT2D eigenvalue weighted by Gasteiger charge is -2.22. The van der Waals surface area contributed by atoms with Crippen molar-refractivity contribution in [1.29, 1.82) is 0 Å². The average molecular weight is 381 g/mol. The Hall–Kier alpha value is -1.90. The van der Waals surface area contributed by atoms with Crippen molar-refractivity contribution >= 4 is 33.4 Å². The monoisotopic (exact) mass is 380 g/mol. The summed E-state index contributed by atoms with van der Waals surface area (Å²) in [6.07, 6.45) is 1.14. The molecule has 1 aromatic rings. The van der Waals surface area contributed by atoms with Crippen molar-refractivity contribution in [2.75, 3.05) is 11.9 Å². The van der Waals surface area contributed by atoms with Crippen LogP contribution in [-0.4, -0.2) is 29.1 Å². The maximum Gasteiger partial charge on any atom is 0.338 e. The maximum absolute atomic E-state index is 13.8. The summed E-state index contributed by atoms with van der Waals surface area (Å²) in [6, 6.07) is 0.351. The lowest BCUT2D eigenvalue weighted by atomic mass is 10.1. The summed E-state index contributed by atoms with van der Waals surface area (Å²) in [5.74, 6) is -6.90. The van der Waals surface area contributed by atoms with Gasteiger partial charge in [0, 0.05) is 0 Å². The molecule has 1 aliphatic rings. The second kappa shape index (κ2) is 5.71. The van der Waals surface area contributed by atoms with Gasteiger partial charge in [-0.3, -0.25) is 4.99 Å². The molecule has 2 rings (SSSR count). The van der Waals surface area contributed by atoms with Gasteiger partial charge in [-0.25, -0.2) is 22.4 Å². The van der Waals surface area contributed by atoms with Gasteiger partial charge in [0.05, 0.1) is 22.3 Å². The van der Waals surface area contributed by atoms with Gasteiger partial charge in [0.15, 0.2) is 17.5 Å². The van der Waals surface area contributed by atoms with E-state index in [2.05, 4.69) is 26.2 Å². The standard InChI is InChI=1S/C13H9BrF4N2O2/c1-13(18)3-6(14)11(19-4-13)20-10-5(12(21)22)2-7(15)8(16)9(10)17/h2-3H,4H2,1H3,(H,19,20)(H,21,22). The van der Waals surface area contributed by atoms with E-state index in [1.54, 1.807) is 0 Å². The smallest absolute Gasteiger partial charge is 0.338 e. The van der Waals surface area contributed by atoms with Gasteiger partial charge in [-0.15, -0.1) is 0 Å². The minimum Gasteiger partial charge on any atom is -0.478 e. The molecule has 0 spiro atoms. The number of benzene rings is 1. The Morgan fingerprint density at radius 2 is 2.05 bits per heavy atom. The van der Waals surface area contributed by atoms with Crippen LogP contribution in [0, 0.1) is 17.5 Å². The molecule has 1 aromatic carbocycles. The van der Waals surface area contributed by atoms with E-state index in [0.29, 0.717) is 6.07 Å². The molecule has 0 aliphatic carbocycles. The van der Waals surface area contributed by atoms with Crippen molar-refractivity contribution in [1.82, 2.24) is 0 Å². The largest absolute Gasteiger partial charge is 0.478 e. The number of hydrogen-bond acceptors (Lipinski definition) is 3. The van der Waals surface area contributed by atoms with Crippen molar-refractivity contribution in [2.24, 2.45) is 4.99 Å². The van der Waals surface area contributed by atoms with E-state index < -0.39 is 40.3 Å². The number of halogens is 5. The predicted molar refractivity (Wildman–Crippen MR) is 75.7 cm³/mol. The summed E-state index contributed by atoms with van der Waals surface area (Å²) in [7, 11) is 0. The van der Waals surface area contributed by atoms with Crippen molar-refractivity contribution in [2.45, 2.75) is 12.6 Å². The van der Waals surface area contributed by atoms with E-state index in [9.17, 15) is 22.4 Å². The zero-order chi connectivity index (χ0) is 16.7. The van der Waals surface area contributed by atoms with Crippen LogP contribution in [0.15, 0.2) is 21.6 Å². The third-order valence-corrected chi connectivity index (χ3v) is 3.44. The minimum atomic E-state index is -1.82. The Morgan fingerprint density at radius 3 is 2.59 bits per heavy atom. The summed E-state index contributed by atoms with van der Waals surface area (Å²) < 4.78 is 54.1. The Bertz CT molecular complexity index is 716. The van der Waals surface area contributed by atoms with Crippen LogP contribution in [0.2, 0.25) is 0 Å². The Labute approximate surface area is 130 Å². The molecule has 0 fully saturated rings. The SMILES string of the molecule is CC1(F)C=C(Br)C(Nc2c(C(=O)O)cc(F)c(F)c2F)=NC1. The number of dihydropyridines is 1. The van der Waals surface area contributed by atoms with Gasteiger partial charge in [-0.2, -0.15) is 0 Å². The molecule has 0 bridgehead atoms. The van der Waals surface area contributed by atoms with Gasteiger partial charge >= 0.3 is 5.97 Å². The third kappa shape index (κ3) is 3.13. The normalized spacial score (nSPS) is 21.2. The molecule has 0 saturated carbocycles. The van der Waals surface area contributed by atoms with Crippen LogP contribution >= 0.6 is 15.9 Å². The molecule has 0 amide bonds. The third-order valence-electron chi connectivity index (χ3n) is 2.84. The zero-order valence-corrected chi connectivity index (χ0v) is 12.6. The fourth-order valence-corrected chi connectivity index (χ4v) is 2.49. The number of nitrogens with one attached hydrogen (secondary N) is 1. The molecular weight excluding hydrogens is 372 g/mol. The van der Waals surface area contributed by atoms with Crippen molar-refractivity contribution in [3.05, 3.63) is 39.6 Å². The second-order valence-corrected chi connectivity index (χ2v) is 5.63. The first kappa shape index (κ1) is 16.5. The maximum atomic E-state index is 13.8. The van der Waals surface area contributed by atoms with Crippen LogP contribution in [0.3, 0.4) is 0 Å². The van der Waals surface area contributed by atoms with Crippen LogP contribution in [0.1, 0.15) is 17.3 Å². The van der Waals surface area contributed by atoms with Crippen LogP contribution in [0.4, 0.5) is 23.2 Å². The van der Waals surface area contributed by atoms with E-state index in [1.807, 2.05) is 0 Å². The predicted octanol–water partition coefficient (Wildman–Crippen LogP) is 3.63. The topological polar surface area (TPSA) is 61.7 Å². The van der Waals surface area contributed by atoms with Gasteiger partial charge in [-0.05, 0) is 35.0 Å². The number of carboxylic acids is 1. The number of hydrogen-bond donors (Lipinski definition) is 2. The molecule has 0 radical (unpaired) electrons. The highest BCUT2D eigenvalue weighted by molar-refractivity contribution is 9.12. The van der Waals surface area contributed by atoms with Gasteiger partial charge in [-0.1, -0.05) is 0 Å². The number of rotatable bonds is 2. The molecule has 0 saturated heterocycles. The number of nitrogens with zero attached hydrogens (tertiary/aromatic N) is 1. The molecule has 1 unspecified atom stereocenters. The van der Waals surface area contributed by atoms with Gasteiger partial charge in [0.25, 0.3) is 0 Å². The van der Waals surface area contributed by atoms with Gasteiger partial charge in [0.2, 0.25) is 0 Å². The molecule has 1 atom stereocenters. The van der Waals surface area contributed by atoms with Gasteiger partial charge < -0.3 is 10.4 Å². The fraction of sp³-hybridized carbons (Fsp3) is 0.231. The van der Waals surface area contributed by atoms with E-state index in [4.69, 9.17) is 5.11 Å². The van der Waals surface area contributed by atoms with Crippen molar-refractivity contribution in [3.8, 4) is 0 Å². The summed E-state index contributed by atoms with van der Waals surface area (Å²) in [5, 5.41) is 11.2. The summed E-state index contributed by atoms with van der Waals surface area (Å²) in [4.78, 5) is 14.8. The van der Waals surface area contributed by atoms with Crippen molar-refractivity contribution < 1.29 is 27.5 Å². The molecule has 1 heterocycles. The highest BCUT2D eigenvalue weighted by atomic mass is 79.9. The molecule has 118 valence electrons. The Morgan fingerprint density at radius 1 is 1.41 bits per heavy atom. The number of aliphatic imine (C=N–C) groups is 1. The fourth-order valence-electron chi connectivity index (χ4n) is 1.79. The zero-order valence-electron chi connectivity index (χ0n) is 11.1. The second-order valence-electron chi connectivity index (χ2n) is 4.77. The molecular formula is C13H9BrF4N2O2. The number of amidine groups is 1. The molecule has 0 aromatic heterocycles. The van der Waals surface area contributed by atoms with E-state index in [0.717, 1.165) is 6.08 Å². The lowest BCUT2D eigenvalue weighted by molar-refractivity contribution is 0.0696. The molecule has 1 aliphatic heterocycles. The Balaban J connectivity index is 2.47. The molecule has 2 N–H and O–H groups in total. The summed E-state index contributed by atoms with van der Waals surface area (Å²) in [5.41, 5.74) is -3.34. The minimum absolute atomic E-state index is 0.0949. The first-order valence-corrected chi connectivity index (χ1v) is 6.71. The van der Waals surface area contributed by atoms with E-state index in [-0.39, 0.29) is 16.9 Å². The van der Waals surface area contributed by atoms with Crippen LogP contribution in [0.5, 0.6) is 0 Å². The van der Waals surface area contributed by atoms with Crippen LogP contribution in [0.25, 0.3) is 0 Å². The van der Waals surface area contributed by atoms with Crippen molar-refractivity contribution in [3.63, 3.8) is 0 Å². The van der Waals surface area contributed by atoms with E-state index >= 15 is 0 Å². The number of aromatic carboxylic acids is 1. The first-order valence-electron chi connectivity index (χ1n) is 5.92. The molecule has 9 heteroatoms. The molecule has 4 nitrogen and oxygen atoms in total. The van der Waals surface area contributed by atoms with Crippen LogP contribution < -0.4 is 5.32 Å². The average Bonchev–Trinajstić information content (AvgIpc) is 2.40. The Kier molecular flexibility index (Phi) is 4.28. The highest BCUT2D eigenvalue weighted by Gasteiger charge is 2.28. The summed E-state index contributed by atoms with van der Waals surface area (Å²) in [6.45, 7) is 0.966. The lowest BCUT2D eigenvalue weighted by Crippen LogP contribution is -2.29. The van der Waals surface area contributed by atoms with E-state index in [1.165, 1.54) is 6.92 Å². The summed E-state index contributed by atoms with van der Waals surface area (Å²) >= 11 is 3.00. The number of carbonyl (C=O) groups is 1. The molecule has 22 heavy (non-hydrogen) atoms.